The van der Waals surface area contributed by atoms with Gasteiger partial charge in [0.1, 0.15) is 0 Å². The van der Waals surface area contributed by atoms with E-state index in [-0.39, 0.29) is 11.1 Å². The number of benzene rings is 1. The third kappa shape index (κ3) is 3.60. The van der Waals surface area contributed by atoms with Crippen LogP contribution in [0.3, 0.4) is 0 Å². The van der Waals surface area contributed by atoms with Crippen LogP contribution in [0.1, 0.15) is 19.4 Å². The van der Waals surface area contributed by atoms with Gasteiger partial charge in [0.2, 0.25) is 0 Å². The van der Waals surface area contributed by atoms with Gasteiger partial charge in [0.25, 0.3) is 5.91 Å². The number of carbonyl (C=O) groups is 2. The van der Waals surface area contributed by atoms with E-state index < -0.39 is 11.9 Å². The van der Waals surface area contributed by atoms with E-state index in [1.807, 2.05) is 38.1 Å². The number of hydrogen-bond donors (Lipinski definition) is 2. The van der Waals surface area contributed by atoms with Gasteiger partial charge in [-0.25, -0.2) is 4.79 Å². The molecule has 0 unspecified atom stereocenters. The number of rotatable bonds is 4. The average Bonchev–Trinajstić information content (AvgIpc) is 2.38. The zero-order valence-electron chi connectivity index (χ0n) is 12.4. The minimum Gasteiger partial charge on any atom is -0.478 e. The third-order valence-corrected chi connectivity index (χ3v) is 3.17. The first-order valence-corrected chi connectivity index (χ1v) is 6.24. The molecule has 1 rings (SSSR count). The first kappa shape index (κ1) is 15.8. The Labute approximate surface area is 118 Å². The molecule has 2 N–H and O–H groups in total. The Kier molecular flexibility index (Phi) is 4.91. The zero-order chi connectivity index (χ0) is 15.4. The van der Waals surface area contributed by atoms with E-state index in [1.165, 1.54) is 13.8 Å². The molecule has 5 heteroatoms. The number of hydrogen-bond acceptors (Lipinski definition) is 3. The summed E-state index contributed by atoms with van der Waals surface area (Å²) in [6.45, 7) is 4.90. The molecule has 108 valence electrons. The highest BCUT2D eigenvalue weighted by atomic mass is 16.4. The standard InChI is InChI=1S/C15H20N2O3/c1-9-6-7-12(8-13(9)17(4)5)16-14(18)10(2)11(3)15(19)20/h6-8H,1-5H3,(H,16,18)(H,19,20)/b11-10-. The molecule has 0 radical (unpaired) electrons. The molecule has 0 heterocycles. The Balaban J connectivity index is 3.00. The molecule has 0 spiro atoms. The largest absolute Gasteiger partial charge is 0.478 e. The summed E-state index contributed by atoms with van der Waals surface area (Å²) in [7, 11) is 3.85. The number of carbonyl (C=O) groups excluding carboxylic acids is 1. The zero-order valence-corrected chi connectivity index (χ0v) is 12.4. The maximum absolute atomic E-state index is 12.0. The van der Waals surface area contributed by atoms with Crippen molar-refractivity contribution in [1.82, 2.24) is 0 Å². The van der Waals surface area contributed by atoms with Crippen LogP contribution in [0.5, 0.6) is 0 Å². The van der Waals surface area contributed by atoms with Crippen molar-refractivity contribution in [2.75, 3.05) is 24.3 Å². The first-order valence-electron chi connectivity index (χ1n) is 6.24. The maximum Gasteiger partial charge on any atom is 0.331 e. The van der Waals surface area contributed by atoms with Crippen molar-refractivity contribution in [2.45, 2.75) is 20.8 Å². The van der Waals surface area contributed by atoms with Crippen molar-refractivity contribution in [3.63, 3.8) is 0 Å². The SMILES string of the molecule is C/C(C(=O)O)=C(\C)C(=O)Nc1ccc(C)c(N(C)C)c1. The molecule has 0 saturated carbocycles. The lowest BCUT2D eigenvalue weighted by Gasteiger charge is -2.17. The molecular weight excluding hydrogens is 256 g/mol. The molecule has 0 saturated heterocycles. The van der Waals surface area contributed by atoms with Gasteiger partial charge in [-0.3, -0.25) is 4.79 Å². The van der Waals surface area contributed by atoms with Crippen LogP contribution in [-0.4, -0.2) is 31.1 Å². The molecule has 0 aromatic heterocycles. The van der Waals surface area contributed by atoms with E-state index in [0.717, 1.165) is 11.3 Å². The second-order valence-electron chi connectivity index (χ2n) is 4.90. The summed E-state index contributed by atoms with van der Waals surface area (Å²) in [6, 6.07) is 5.56. The van der Waals surface area contributed by atoms with Crippen LogP contribution in [0.4, 0.5) is 11.4 Å². The monoisotopic (exact) mass is 276 g/mol. The van der Waals surface area contributed by atoms with Crippen LogP contribution in [-0.2, 0) is 9.59 Å². The number of aryl methyl sites for hydroxylation is 1. The summed E-state index contributed by atoms with van der Waals surface area (Å²) in [5.41, 5.74) is 2.98. The van der Waals surface area contributed by atoms with Gasteiger partial charge in [-0.1, -0.05) is 6.07 Å². The van der Waals surface area contributed by atoms with E-state index in [4.69, 9.17) is 5.11 Å². The summed E-state index contributed by atoms with van der Waals surface area (Å²) in [4.78, 5) is 24.8. The Hall–Kier alpha value is -2.30. The molecule has 1 aromatic carbocycles. The molecule has 20 heavy (non-hydrogen) atoms. The summed E-state index contributed by atoms with van der Waals surface area (Å²) in [6.07, 6.45) is 0. The first-order chi connectivity index (χ1) is 9.23. The van der Waals surface area contributed by atoms with Crippen LogP contribution in [0.25, 0.3) is 0 Å². The summed E-state index contributed by atoms with van der Waals surface area (Å²) >= 11 is 0. The molecule has 1 amide bonds. The van der Waals surface area contributed by atoms with Gasteiger partial charge < -0.3 is 15.3 Å². The van der Waals surface area contributed by atoms with Gasteiger partial charge in [-0.15, -0.1) is 0 Å². The third-order valence-electron chi connectivity index (χ3n) is 3.17. The van der Waals surface area contributed by atoms with E-state index in [1.54, 1.807) is 6.07 Å². The van der Waals surface area contributed by atoms with Crippen molar-refractivity contribution in [2.24, 2.45) is 0 Å². The molecule has 5 nitrogen and oxygen atoms in total. The predicted molar refractivity (Wildman–Crippen MR) is 80.1 cm³/mol. The average molecular weight is 276 g/mol. The van der Waals surface area contributed by atoms with Crippen LogP contribution in [0, 0.1) is 6.92 Å². The molecule has 0 atom stereocenters. The number of carboxylic acid groups (broad SMARTS) is 1. The fraction of sp³-hybridized carbons (Fsp3) is 0.333. The Morgan fingerprint density at radius 1 is 1.15 bits per heavy atom. The van der Waals surface area contributed by atoms with Crippen LogP contribution >= 0.6 is 0 Å². The minimum absolute atomic E-state index is 0.0439. The lowest BCUT2D eigenvalue weighted by Crippen LogP contribution is -2.17. The summed E-state index contributed by atoms with van der Waals surface area (Å²) in [5.74, 6) is -1.49. The lowest BCUT2D eigenvalue weighted by molar-refractivity contribution is -0.133. The second-order valence-corrected chi connectivity index (χ2v) is 4.90. The van der Waals surface area contributed by atoms with E-state index in [2.05, 4.69) is 5.32 Å². The maximum atomic E-state index is 12.0. The summed E-state index contributed by atoms with van der Waals surface area (Å²) < 4.78 is 0. The smallest absolute Gasteiger partial charge is 0.331 e. The molecule has 0 aliphatic rings. The highest BCUT2D eigenvalue weighted by molar-refractivity contribution is 6.08. The van der Waals surface area contributed by atoms with Crippen LogP contribution in [0.2, 0.25) is 0 Å². The van der Waals surface area contributed by atoms with Gasteiger partial charge in [0, 0.05) is 36.6 Å². The van der Waals surface area contributed by atoms with E-state index in [0.29, 0.717) is 5.69 Å². The summed E-state index contributed by atoms with van der Waals surface area (Å²) in [5, 5.41) is 11.6. The Morgan fingerprint density at radius 3 is 2.25 bits per heavy atom. The Morgan fingerprint density at radius 2 is 1.75 bits per heavy atom. The molecular formula is C15H20N2O3. The van der Waals surface area contributed by atoms with Crippen molar-refractivity contribution in [1.29, 1.82) is 0 Å². The van der Waals surface area contributed by atoms with Crippen molar-refractivity contribution < 1.29 is 14.7 Å². The van der Waals surface area contributed by atoms with Crippen molar-refractivity contribution in [3.8, 4) is 0 Å². The number of anilines is 2. The highest BCUT2D eigenvalue weighted by Crippen LogP contribution is 2.23. The van der Waals surface area contributed by atoms with E-state index >= 15 is 0 Å². The molecule has 0 aliphatic carbocycles. The number of carboxylic acids is 1. The predicted octanol–water partition coefficient (Wildman–Crippen LogP) is 2.42. The van der Waals surface area contributed by atoms with Gasteiger partial charge in [-0.2, -0.15) is 0 Å². The molecule has 0 fully saturated rings. The van der Waals surface area contributed by atoms with E-state index in [9.17, 15) is 9.59 Å². The number of nitrogens with zero attached hydrogens (tertiary/aromatic N) is 1. The molecule has 1 aromatic rings. The lowest BCUT2D eigenvalue weighted by atomic mass is 10.1. The van der Waals surface area contributed by atoms with Crippen LogP contribution in [0.15, 0.2) is 29.3 Å². The van der Waals surface area contributed by atoms with Crippen molar-refractivity contribution in [3.05, 3.63) is 34.9 Å². The normalized spacial score (nSPS) is 11.7. The topological polar surface area (TPSA) is 69.6 Å². The van der Waals surface area contributed by atoms with Gasteiger partial charge in [-0.05, 0) is 38.5 Å². The van der Waals surface area contributed by atoms with Gasteiger partial charge in [0.05, 0.1) is 0 Å². The molecule has 0 aliphatic heterocycles. The van der Waals surface area contributed by atoms with Crippen LogP contribution < -0.4 is 10.2 Å². The number of aliphatic carboxylic acids is 1. The minimum atomic E-state index is -1.09. The quantitative estimate of drug-likeness (QED) is 0.829. The van der Waals surface area contributed by atoms with Gasteiger partial charge >= 0.3 is 5.97 Å². The number of amides is 1. The fourth-order valence-electron chi connectivity index (χ4n) is 1.72. The molecule has 0 bridgehead atoms. The van der Waals surface area contributed by atoms with Gasteiger partial charge in [0.15, 0.2) is 0 Å². The number of nitrogens with one attached hydrogen (secondary N) is 1. The second kappa shape index (κ2) is 6.23. The Bertz CT molecular complexity index is 574. The highest BCUT2D eigenvalue weighted by Gasteiger charge is 2.13. The fourth-order valence-corrected chi connectivity index (χ4v) is 1.72. The van der Waals surface area contributed by atoms with Crippen molar-refractivity contribution >= 4 is 23.3 Å².